The zero-order valence-corrected chi connectivity index (χ0v) is 13.9. The Morgan fingerprint density at radius 2 is 1.68 bits per heavy atom. The van der Waals surface area contributed by atoms with Gasteiger partial charge in [-0.2, -0.15) is 0 Å². The summed E-state index contributed by atoms with van der Waals surface area (Å²) in [4.78, 5) is 0. The molecule has 0 aromatic rings. The number of hydrogen-bond donors (Lipinski definition) is 6. The first kappa shape index (κ1) is 20.9. The summed E-state index contributed by atoms with van der Waals surface area (Å²) in [5.74, 6) is 0. The maximum Gasteiger partial charge on any atom is 0.187 e. The van der Waals surface area contributed by atoms with E-state index in [0.717, 1.165) is 0 Å². The normalized spacial score (nSPS) is 43.6. The van der Waals surface area contributed by atoms with E-state index < -0.39 is 68.0 Å². The first-order valence-corrected chi connectivity index (χ1v) is 7.85. The number of aliphatic hydroxyl groups excluding tert-OH is 6. The van der Waals surface area contributed by atoms with Crippen LogP contribution in [0.4, 0.5) is 0 Å². The van der Waals surface area contributed by atoms with Crippen LogP contribution in [0.5, 0.6) is 0 Å². The monoisotopic (exact) mass is 370 g/mol. The molecular weight excluding hydrogens is 344 g/mol. The van der Waals surface area contributed by atoms with Gasteiger partial charge < -0.3 is 54.3 Å². The van der Waals surface area contributed by atoms with E-state index in [1.807, 2.05) is 0 Å². The van der Waals surface area contributed by atoms with Crippen LogP contribution in [0.3, 0.4) is 0 Å². The van der Waals surface area contributed by atoms with Crippen LogP contribution in [0.1, 0.15) is 0 Å². The van der Waals surface area contributed by atoms with Gasteiger partial charge in [0.25, 0.3) is 0 Å². The lowest BCUT2D eigenvalue weighted by molar-refractivity contribution is -0.321. The van der Waals surface area contributed by atoms with Crippen molar-refractivity contribution in [1.29, 1.82) is 0 Å². The van der Waals surface area contributed by atoms with Crippen LogP contribution in [0.15, 0.2) is 0 Å². The molecule has 9 atom stereocenters. The van der Waals surface area contributed by atoms with Crippen LogP contribution in [0, 0.1) is 0 Å². The molecular formula is C14H26O11. The SMILES string of the molecule is COC(OC)C(O)C1OCC(O)C1OC1OC(CO)C(O)C(O)C1O. The second kappa shape index (κ2) is 8.97. The average Bonchev–Trinajstić information content (AvgIpc) is 2.97. The third kappa shape index (κ3) is 4.28. The molecule has 11 heteroatoms. The van der Waals surface area contributed by atoms with E-state index in [2.05, 4.69) is 0 Å². The highest BCUT2D eigenvalue weighted by Crippen LogP contribution is 2.29. The molecule has 2 saturated heterocycles. The summed E-state index contributed by atoms with van der Waals surface area (Å²) in [7, 11) is 2.63. The van der Waals surface area contributed by atoms with E-state index in [9.17, 15) is 30.6 Å². The Balaban J connectivity index is 2.10. The molecule has 0 spiro atoms. The Morgan fingerprint density at radius 1 is 1.04 bits per heavy atom. The Morgan fingerprint density at radius 3 is 2.24 bits per heavy atom. The van der Waals surface area contributed by atoms with Crippen molar-refractivity contribution in [1.82, 2.24) is 0 Å². The molecule has 148 valence electrons. The van der Waals surface area contributed by atoms with E-state index in [1.165, 1.54) is 14.2 Å². The van der Waals surface area contributed by atoms with Gasteiger partial charge >= 0.3 is 0 Å². The lowest BCUT2D eigenvalue weighted by Crippen LogP contribution is -2.61. The number of rotatable bonds is 7. The zero-order chi connectivity index (χ0) is 18.7. The van der Waals surface area contributed by atoms with Gasteiger partial charge in [0, 0.05) is 14.2 Å². The topological polar surface area (TPSA) is 168 Å². The molecule has 2 aliphatic heterocycles. The second-order valence-electron chi connectivity index (χ2n) is 5.99. The molecule has 2 rings (SSSR count). The second-order valence-corrected chi connectivity index (χ2v) is 5.99. The maximum atomic E-state index is 10.3. The van der Waals surface area contributed by atoms with Crippen LogP contribution in [-0.4, -0.2) is 119 Å². The molecule has 0 aliphatic carbocycles. The van der Waals surface area contributed by atoms with Gasteiger partial charge in [-0.3, -0.25) is 0 Å². The quantitative estimate of drug-likeness (QED) is 0.241. The fourth-order valence-electron chi connectivity index (χ4n) is 2.94. The van der Waals surface area contributed by atoms with Gasteiger partial charge in [-0.25, -0.2) is 0 Å². The average molecular weight is 370 g/mol. The first-order valence-electron chi connectivity index (χ1n) is 7.85. The minimum Gasteiger partial charge on any atom is -0.394 e. The van der Waals surface area contributed by atoms with E-state index in [1.54, 1.807) is 0 Å². The highest BCUT2D eigenvalue weighted by molar-refractivity contribution is 4.94. The van der Waals surface area contributed by atoms with Crippen molar-refractivity contribution >= 4 is 0 Å². The summed E-state index contributed by atoms with van der Waals surface area (Å²) >= 11 is 0. The van der Waals surface area contributed by atoms with Crippen LogP contribution in [0.25, 0.3) is 0 Å². The van der Waals surface area contributed by atoms with Crippen molar-refractivity contribution in [3.8, 4) is 0 Å². The van der Waals surface area contributed by atoms with Crippen LogP contribution in [-0.2, 0) is 23.7 Å². The lowest BCUT2D eigenvalue weighted by Gasteiger charge is -2.41. The summed E-state index contributed by atoms with van der Waals surface area (Å²) < 4.78 is 26.0. The van der Waals surface area contributed by atoms with Crippen LogP contribution < -0.4 is 0 Å². The third-order valence-electron chi connectivity index (χ3n) is 4.38. The van der Waals surface area contributed by atoms with E-state index in [4.69, 9.17) is 23.7 Å². The minimum absolute atomic E-state index is 0.149. The third-order valence-corrected chi connectivity index (χ3v) is 4.38. The lowest BCUT2D eigenvalue weighted by atomic mass is 9.99. The van der Waals surface area contributed by atoms with E-state index >= 15 is 0 Å². The molecule has 0 radical (unpaired) electrons. The Labute approximate surface area is 144 Å². The van der Waals surface area contributed by atoms with Gasteiger partial charge in [-0.15, -0.1) is 0 Å². The first-order chi connectivity index (χ1) is 11.8. The fourth-order valence-corrected chi connectivity index (χ4v) is 2.94. The summed E-state index contributed by atoms with van der Waals surface area (Å²) in [6.45, 7) is -0.764. The molecule has 2 heterocycles. The Kier molecular flexibility index (Phi) is 7.49. The largest absolute Gasteiger partial charge is 0.394 e. The smallest absolute Gasteiger partial charge is 0.187 e. The van der Waals surface area contributed by atoms with Crippen molar-refractivity contribution in [2.24, 2.45) is 0 Å². The summed E-state index contributed by atoms with van der Waals surface area (Å²) in [6.07, 6.45) is -13.1. The highest BCUT2D eigenvalue weighted by Gasteiger charge is 2.50. The summed E-state index contributed by atoms with van der Waals surface area (Å²) in [6, 6.07) is 0. The van der Waals surface area contributed by atoms with Gasteiger partial charge in [0.1, 0.15) is 48.8 Å². The van der Waals surface area contributed by atoms with Gasteiger partial charge in [-0.05, 0) is 0 Å². The van der Waals surface area contributed by atoms with Crippen molar-refractivity contribution in [2.75, 3.05) is 27.4 Å². The van der Waals surface area contributed by atoms with E-state index in [0.29, 0.717) is 0 Å². The van der Waals surface area contributed by atoms with Crippen molar-refractivity contribution in [3.63, 3.8) is 0 Å². The number of ether oxygens (including phenoxy) is 5. The predicted octanol–water partition coefficient (Wildman–Crippen LogP) is -4.09. The molecule has 0 saturated carbocycles. The van der Waals surface area contributed by atoms with E-state index in [-0.39, 0.29) is 6.61 Å². The molecule has 11 nitrogen and oxygen atoms in total. The van der Waals surface area contributed by atoms with Crippen LogP contribution in [0.2, 0.25) is 0 Å². The summed E-state index contributed by atoms with van der Waals surface area (Å²) in [5.41, 5.74) is 0. The molecule has 2 fully saturated rings. The highest BCUT2D eigenvalue weighted by atomic mass is 16.7. The molecule has 0 bridgehead atoms. The van der Waals surface area contributed by atoms with Crippen molar-refractivity contribution in [3.05, 3.63) is 0 Å². The van der Waals surface area contributed by atoms with Crippen molar-refractivity contribution < 1.29 is 54.3 Å². The molecule has 0 amide bonds. The molecule has 0 aromatic heterocycles. The predicted molar refractivity (Wildman–Crippen MR) is 78.2 cm³/mol. The van der Waals surface area contributed by atoms with Gasteiger partial charge in [0.2, 0.25) is 0 Å². The van der Waals surface area contributed by atoms with Gasteiger partial charge in [0.15, 0.2) is 12.6 Å². The number of aliphatic hydroxyl groups is 6. The molecule has 6 N–H and O–H groups in total. The Bertz CT molecular complexity index is 404. The number of hydrogen-bond acceptors (Lipinski definition) is 11. The van der Waals surface area contributed by atoms with Crippen LogP contribution >= 0.6 is 0 Å². The molecule has 2 aliphatic rings. The Hall–Kier alpha value is -0.440. The van der Waals surface area contributed by atoms with Gasteiger partial charge in [-0.1, -0.05) is 0 Å². The molecule has 9 unspecified atom stereocenters. The van der Waals surface area contributed by atoms with Crippen molar-refractivity contribution in [2.45, 2.75) is 61.4 Å². The summed E-state index contributed by atoms with van der Waals surface area (Å²) in [5, 5.41) is 59.1. The molecule has 25 heavy (non-hydrogen) atoms. The zero-order valence-electron chi connectivity index (χ0n) is 13.9. The minimum atomic E-state index is -1.64. The standard InChI is InChI=1S/C14H26O11/c1-21-13(22-2)10(20)12-11(5(16)4-23-12)25-14-9(19)8(18)7(17)6(3-15)24-14/h5-20H,3-4H2,1-2H3. The van der Waals surface area contributed by atoms with Gasteiger partial charge in [0.05, 0.1) is 13.2 Å². The number of methoxy groups -OCH3 is 2. The fraction of sp³-hybridized carbons (Fsp3) is 1.00. The molecule has 0 aromatic carbocycles. The maximum absolute atomic E-state index is 10.3.